The van der Waals surface area contributed by atoms with E-state index < -0.39 is 0 Å². The molecule has 1 atom stereocenters. The average molecular weight is 156 g/mol. The molecule has 0 fully saturated rings. The molecular formula is C9H16O2. The maximum atomic E-state index is 10.7. The molecule has 0 spiro atoms. The highest BCUT2D eigenvalue weighted by atomic mass is 16.5. The summed E-state index contributed by atoms with van der Waals surface area (Å²) in [7, 11) is 1.38. The normalized spacial score (nSPS) is 13.2. The number of hydrogen-bond donors (Lipinski definition) is 0. The zero-order valence-corrected chi connectivity index (χ0v) is 7.46. The van der Waals surface area contributed by atoms with Gasteiger partial charge in [-0.25, -0.2) is 0 Å². The second kappa shape index (κ2) is 5.16. The van der Waals surface area contributed by atoms with Crippen LogP contribution in [0, 0.1) is 18.8 Å². The summed E-state index contributed by atoms with van der Waals surface area (Å²) in [6, 6.07) is 0. The predicted molar refractivity (Wildman–Crippen MR) is 43.9 cm³/mol. The first-order valence-corrected chi connectivity index (χ1v) is 3.88. The smallest absolute Gasteiger partial charge is 0.305 e. The molecule has 2 heteroatoms. The van der Waals surface area contributed by atoms with E-state index in [1.54, 1.807) is 0 Å². The second-order valence-corrected chi connectivity index (χ2v) is 3.17. The third-order valence-electron chi connectivity index (χ3n) is 1.43. The highest BCUT2D eigenvalue weighted by Gasteiger charge is 2.10. The molecule has 0 saturated heterocycles. The highest BCUT2D eigenvalue weighted by molar-refractivity contribution is 5.69. The largest absolute Gasteiger partial charge is 0.469 e. The van der Waals surface area contributed by atoms with Gasteiger partial charge in [-0.05, 0) is 25.2 Å². The minimum absolute atomic E-state index is 0.0533. The summed E-state index contributed by atoms with van der Waals surface area (Å²) in [5.41, 5.74) is 0. The maximum Gasteiger partial charge on any atom is 0.305 e. The van der Waals surface area contributed by atoms with Crippen molar-refractivity contribution in [3.05, 3.63) is 6.92 Å². The fraction of sp³-hybridized carbons (Fsp3) is 0.778. The molecule has 0 aliphatic carbocycles. The van der Waals surface area contributed by atoms with Crippen LogP contribution >= 0.6 is 0 Å². The van der Waals surface area contributed by atoms with Gasteiger partial charge in [0.05, 0.1) is 7.11 Å². The van der Waals surface area contributed by atoms with Crippen LogP contribution in [0.5, 0.6) is 0 Å². The molecule has 0 rings (SSSR count). The lowest BCUT2D eigenvalue weighted by Crippen LogP contribution is -2.09. The number of methoxy groups -OCH3 is 1. The number of esters is 1. The van der Waals surface area contributed by atoms with Crippen molar-refractivity contribution in [1.29, 1.82) is 0 Å². The lowest BCUT2D eigenvalue weighted by atomic mass is 9.96. The van der Waals surface area contributed by atoms with E-state index in [0.29, 0.717) is 12.3 Å². The van der Waals surface area contributed by atoms with E-state index in [4.69, 9.17) is 6.92 Å². The Morgan fingerprint density at radius 1 is 1.55 bits per heavy atom. The molecule has 0 bridgehead atoms. The molecule has 0 N–H and O–H groups in total. The molecule has 0 unspecified atom stereocenters. The van der Waals surface area contributed by atoms with E-state index in [9.17, 15) is 4.79 Å². The van der Waals surface area contributed by atoms with E-state index in [1.807, 2.05) is 0 Å². The van der Waals surface area contributed by atoms with Gasteiger partial charge in [-0.2, -0.15) is 0 Å². The third-order valence-corrected chi connectivity index (χ3v) is 1.43. The zero-order chi connectivity index (χ0) is 8.85. The first-order valence-electron chi connectivity index (χ1n) is 3.88. The van der Waals surface area contributed by atoms with Crippen molar-refractivity contribution in [2.75, 3.05) is 7.11 Å². The number of carbonyl (C=O) groups is 1. The van der Waals surface area contributed by atoms with Crippen LogP contribution in [0.3, 0.4) is 0 Å². The van der Waals surface area contributed by atoms with Crippen LogP contribution < -0.4 is 0 Å². The first-order chi connectivity index (χ1) is 5.06. The Morgan fingerprint density at radius 2 is 2.09 bits per heavy atom. The van der Waals surface area contributed by atoms with Crippen molar-refractivity contribution in [2.45, 2.75) is 26.7 Å². The molecule has 0 aliphatic rings. The van der Waals surface area contributed by atoms with E-state index in [1.165, 1.54) is 7.11 Å². The molecule has 0 aliphatic heterocycles. The Labute approximate surface area is 68.9 Å². The Morgan fingerprint density at radius 3 is 2.45 bits per heavy atom. The van der Waals surface area contributed by atoms with Gasteiger partial charge in [-0.15, -0.1) is 0 Å². The predicted octanol–water partition coefficient (Wildman–Crippen LogP) is 1.92. The quantitative estimate of drug-likeness (QED) is 0.581. The van der Waals surface area contributed by atoms with Crippen LogP contribution in [0.25, 0.3) is 0 Å². The average Bonchev–Trinajstić information content (AvgIpc) is 1.85. The molecule has 2 nitrogen and oxygen atoms in total. The van der Waals surface area contributed by atoms with Gasteiger partial charge in [0.15, 0.2) is 0 Å². The molecule has 11 heavy (non-hydrogen) atoms. The Hall–Kier alpha value is -0.530. The molecule has 0 amide bonds. The summed E-state index contributed by atoms with van der Waals surface area (Å²) in [5.74, 6) is 0.259. The molecule has 2 radical (unpaired) electrons. The topological polar surface area (TPSA) is 26.3 Å². The molecule has 0 saturated carbocycles. The SMILES string of the molecule is [CH][C@H](CC(=O)OC)CC(C)C. The van der Waals surface area contributed by atoms with Gasteiger partial charge < -0.3 is 4.74 Å². The Bertz CT molecular complexity index is 119. The fourth-order valence-electron chi connectivity index (χ4n) is 0.986. The van der Waals surface area contributed by atoms with Crippen molar-refractivity contribution in [3.8, 4) is 0 Å². The minimum Gasteiger partial charge on any atom is -0.469 e. The lowest BCUT2D eigenvalue weighted by molar-refractivity contribution is -0.141. The summed E-state index contributed by atoms with van der Waals surface area (Å²) in [6.07, 6.45) is 1.20. The van der Waals surface area contributed by atoms with Gasteiger partial charge in [0.1, 0.15) is 0 Å². The van der Waals surface area contributed by atoms with E-state index in [0.717, 1.165) is 6.42 Å². The fourth-order valence-corrected chi connectivity index (χ4v) is 0.986. The van der Waals surface area contributed by atoms with Gasteiger partial charge in [0.2, 0.25) is 0 Å². The van der Waals surface area contributed by atoms with Gasteiger partial charge in [0.25, 0.3) is 0 Å². The second-order valence-electron chi connectivity index (χ2n) is 3.17. The number of carbonyl (C=O) groups excluding carboxylic acids is 1. The standard InChI is InChI=1S/C9H16O2/c1-7(2)5-8(3)6-9(10)11-4/h3,7-8H,5-6H2,1-2,4H3/t8-/m0/s1. The zero-order valence-electron chi connectivity index (χ0n) is 7.46. The lowest BCUT2D eigenvalue weighted by Gasteiger charge is -2.11. The summed E-state index contributed by atoms with van der Waals surface area (Å²) in [4.78, 5) is 10.7. The van der Waals surface area contributed by atoms with Gasteiger partial charge in [-0.3, -0.25) is 4.79 Å². The van der Waals surface area contributed by atoms with Gasteiger partial charge in [0, 0.05) is 6.42 Å². The third kappa shape index (κ3) is 5.89. The van der Waals surface area contributed by atoms with Crippen LogP contribution in [0.15, 0.2) is 0 Å². The van der Waals surface area contributed by atoms with Crippen molar-refractivity contribution in [3.63, 3.8) is 0 Å². The van der Waals surface area contributed by atoms with Crippen molar-refractivity contribution in [1.82, 2.24) is 0 Å². The van der Waals surface area contributed by atoms with E-state index in [-0.39, 0.29) is 11.9 Å². The van der Waals surface area contributed by atoms with Crippen molar-refractivity contribution >= 4 is 5.97 Å². The molecule has 64 valence electrons. The highest BCUT2D eigenvalue weighted by Crippen LogP contribution is 2.14. The Balaban J connectivity index is 3.51. The minimum atomic E-state index is -0.224. The van der Waals surface area contributed by atoms with Crippen LogP contribution in [-0.2, 0) is 9.53 Å². The summed E-state index contributed by atoms with van der Waals surface area (Å²) in [6.45, 7) is 9.81. The Kier molecular flexibility index (Phi) is 4.92. The molecule has 0 aromatic heterocycles. The van der Waals surface area contributed by atoms with E-state index in [2.05, 4.69) is 18.6 Å². The molecular weight excluding hydrogens is 140 g/mol. The molecule has 0 aromatic rings. The van der Waals surface area contributed by atoms with Gasteiger partial charge >= 0.3 is 5.97 Å². The van der Waals surface area contributed by atoms with Crippen LogP contribution in [0.2, 0.25) is 0 Å². The summed E-state index contributed by atoms with van der Waals surface area (Å²) in [5, 5.41) is 0. The van der Waals surface area contributed by atoms with Crippen molar-refractivity contribution in [2.24, 2.45) is 11.8 Å². The molecule has 0 aromatic carbocycles. The molecule has 0 heterocycles. The monoisotopic (exact) mass is 156 g/mol. The van der Waals surface area contributed by atoms with Crippen LogP contribution in [-0.4, -0.2) is 13.1 Å². The summed E-state index contributed by atoms with van der Waals surface area (Å²) >= 11 is 0. The number of rotatable bonds is 4. The number of ether oxygens (including phenoxy) is 1. The van der Waals surface area contributed by atoms with E-state index >= 15 is 0 Å². The van der Waals surface area contributed by atoms with Crippen LogP contribution in [0.1, 0.15) is 26.7 Å². The number of hydrogen-bond acceptors (Lipinski definition) is 2. The van der Waals surface area contributed by atoms with Crippen molar-refractivity contribution < 1.29 is 9.53 Å². The van der Waals surface area contributed by atoms with Gasteiger partial charge in [-0.1, -0.05) is 13.8 Å². The van der Waals surface area contributed by atoms with Crippen LogP contribution in [0.4, 0.5) is 0 Å². The maximum absolute atomic E-state index is 10.7. The first kappa shape index (κ1) is 10.5. The summed E-state index contributed by atoms with van der Waals surface area (Å²) < 4.78 is 4.48.